The number of nitrogens with zero attached hydrogens (tertiary/aromatic N) is 3. The molecule has 130 valence electrons. The van der Waals surface area contributed by atoms with Crippen molar-refractivity contribution in [3.05, 3.63) is 30.1 Å². The molecule has 1 amide bonds. The second-order valence-electron chi connectivity index (χ2n) is 6.53. The normalized spacial score (nSPS) is 18.0. The minimum Gasteiger partial charge on any atom is -0.376 e. The Morgan fingerprint density at radius 1 is 1.38 bits per heavy atom. The molecule has 1 atom stereocenters. The van der Waals surface area contributed by atoms with Gasteiger partial charge in [0.25, 0.3) is 0 Å². The van der Waals surface area contributed by atoms with Gasteiger partial charge in [-0.25, -0.2) is 4.98 Å². The molecule has 2 aromatic rings. The lowest BCUT2D eigenvalue weighted by Gasteiger charge is -2.27. The van der Waals surface area contributed by atoms with Crippen molar-refractivity contribution in [1.29, 1.82) is 0 Å². The zero-order valence-corrected chi connectivity index (χ0v) is 14.7. The number of ether oxygens (including phenoxy) is 1. The number of hydrogen-bond acceptors (Lipinski definition) is 3. The molecule has 5 nitrogen and oxygen atoms in total. The summed E-state index contributed by atoms with van der Waals surface area (Å²) in [5.41, 5.74) is 2.12. The summed E-state index contributed by atoms with van der Waals surface area (Å²) in [6.45, 7) is 4.31. The lowest BCUT2D eigenvalue weighted by molar-refractivity contribution is -0.132. The molecule has 1 aromatic carbocycles. The average molecular weight is 329 g/mol. The van der Waals surface area contributed by atoms with E-state index in [1.54, 1.807) is 0 Å². The monoisotopic (exact) mass is 329 g/mol. The molecule has 24 heavy (non-hydrogen) atoms. The number of hydrogen-bond donors (Lipinski definition) is 0. The quantitative estimate of drug-likeness (QED) is 0.818. The highest BCUT2D eigenvalue weighted by molar-refractivity contribution is 5.78. The van der Waals surface area contributed by atoms with Crippen molar-refractivity contribution in [1.82, 2.24) is 14.5 Å². The fraction of sp³-hybridized carbons (Fsp3) is 0.579. The molecular formula is C19H27N3O2. The van der Waals surface area contributed by atoms with Crippen LogP contribution in [0, 0.1) is 0 Å². The molecular weight excluding hydrogens is 302 g/mol. The van der Waals surface area contributed by atoms with Crippen molar-refractivity contribution in [2.24, 2.45) is 0 Å². The molecule has 3 rings (SSSR count). The number of amides is 1. The van der Waals surface area contributed by atoms with E-state index in [9.17, 15) is 4.79 Å². The van der Waals surface area contributed by atoms with Gasteiger partial charge in [0.1, 0.15) is 5.82 Å². The molecule has 0 radical (unpaired) electrons. The summed E-state index contributed by atoms with van der Waals surface area (Å²) in [6, 6.07) is 8.13. The van der Waals surface area contributed by atoms with Gasteiger partial charge in [-0.15, -0.1) is 0 Å². The minimum atomic E-state index is 0.170. The van der Waals surface area contributed by atoms with Crippen molar-refractivity contribution < 1.29 is 9.53 Å². The molecule has 5 heteroatoms. The molecule has 0 N–H and O–H groups in total. The van der Waals surface area contributed by atoms with E-state index in [0.717, 1.165) is 42.7 Å². The number of carbonyl (C=O) groups is 1. The van der Waals surface area contributed by atoms with Crippen molar-refractivity contribution in [3.8, 4) is 0 Å². The van der Waals surface area contributed by atoms with E-state index < -0.39 is 0 Å². The second-order valence-corrected chi connectivity index (χ2v) is 6.53. The Hall–Kier alpha value is -1.88. The standard InChI is InChI=1S/C19H27N3O2/c1-3-18-20-16-9-4-5-10-17(16)22(18)12-11-19(23)21(2)14-15-8-6-7-13-24-15/h4-5,9-10,15H,3,6-8,11-14H2,1-2H3/t15-/m0/s1. The van der Waals surface area contributed by atoms with E-state index in [1.165, 1.54) is 6.42 Å². The fourth-order valence-corrected chi connectivity index (χ4v) is 3.40. The Morgan fingerprint density at radius 2 is 2.21 bits per heavy atom. The maximum absolute atomic E-state index is 12.5. The minimum absolute atomic E-state index is 0.170. The Labute approximate surface area is 143 Å². The van der Waals surface area contributed by atoms with Crippen molar-refractivity contribution in [2.75, 3.05) is 20.2 Å². The smallest absolute Gasteiger partial charge is 0.224 e. The fourth-order valence-electron chi connectivity index (χ4n) is 3.40. The summed E-state index contributed by atoms with van der Waals surface area (Å²) in [5.74, 6) is 1.21. The van der Waals surface area contributed by atoms with Gasteiger partial charge >= 0.3 is 0 Å². The molecule has 1 fully saturated rings. The van der Waals surface area contributed by atoms with Crippen LogP contribution >= 0.6 is 0 Å². The summed E-state index contributed by atoms with van der Waals surface area (Å²) >= 11 is 0. The van der Waals surface area contributed by atoms with E-state index in [1.807, 2.05) is 30.1 Å². The van der Waals surface area contributed by atoms with E-state index in [4.69, 9.17) is 4.74 Å². The largest absolute Gasteiger partial charge is 0.376 e. The Bertz CT molecular complexity index is 689. The molecule has 1 aliphatic rings. The first-order chi connectivity index (χ1) is 11.7. The van der Waals surface area contributed by atoms with Crippen molar-refractivity contribution >= 4 is 16.9 Å². The van der Waals surface area contributed by atoms with Gasteiger partial charge in [0.05, 0.1) is 17.1 Å². The van der Waals surface area contributed by atoms with Crippen LogP contribution in [0.5, 0.6) is 0 Å². The third kappa shape index (κ3) is 3.78. The highest BCUT2D eigenvalue weighted by Gasteiger charge is 2.19. The molecule has 2 heterocycles. The molecule has 1 saturated heterocycles. The van der Waals surface area contributed by atoms with Gasteiger partial charge in [-0.05, 0) is 31.4 Å². The van der Waals surface area contributed by atoms with Crippen LogP contribution in [0.4, 0.5) is 0 Å². The summed E-state index contributed by atoms with van der Waals surface area (Å²) in [6.07, 6.45) is 4.97. The average Bonchev–Trinajstić information content (AvgIpc) is 2.98. The molecule has 0 saturated carbocycles. The van der Waals surface area contributed by atoms with Gasteiger partial charge in [0.2, 0.25) is 5.91 Å². The first-order valence-electron chi connectivity index (χ1n) is 8.98. The second kappa shape index (κ2) is 7.79. The molecule has 1 aromatic heterocycles. The lowest BCUT2D eigenvalue weighted by Crippen LogP contribution is -2.37. The zero-order valence-electron chi connectivity index (χ0n) is 14.7. The number of carbonyl (C=O) groups excluding carboxylic acids is 1. The molecule has 0 spiro atoms. The highest BCUT2D eigenvalue weighted by atomic mass is 16.5. The number of imidazole rings is 1. The van der Waals surface area contributed by atoms with Crippen LogP contribution in [0.2, 0.25) is 0 Å². The molecule has 0 aliphatic carbocycles. The van der Waals surface area contributed by atoms with Crippen LogP contribution in [-0.2, 0) is 22.5 Å². The van der Waals surface area contributed by atoms with Crippen LogP contribution < -0.4 is 0 Å². The van der Waals surface area contributed by atoms with Gasteiger partial charge in [-0.2, -0.15) is 0 Å². The number of aryl methyl sites for hydroxylation is 2. The van der Waals surface area contributed by atoms with E-state index in [-0.39, 0.29) is 12.0 Å². The van der Waals surface area contributed by atoms with Crippen LogP contribution in [0.1, 0.15) is 38.4 Å². The van der Waals surface area contributed by atoms with Crippen LogP contribution in [-0.4, -0.2) is 46.7 Å². The van der Waals surface area contributed by atoms with Crippen LogP contribution in [0.3, 0.4) is 0 Å². The zero-order chi connectivity index (χ0) is 16.9. The summed E-state index contributed by atoms with van der Waals surface area (Å²) < 4.78 is 7.91. The van der Waals surface area contributed by atoms with Gasteiger partial charge < -0.3 is 14.2 Å². The molecule has 0 unspecified atom stereocenters. The first kappa shape index (κ1) is 17.0. The molecule has 0 bridgehead atoms. The number of para-hydroxylation sites is 2. The summed E-state index contributed by atoms with van der Waals surface area (Å²) in [7, 11) is 1.88. The first-order valence-corrected chi connectivity index (χ1v) is 8.98. The van der Waals surface area contributed by atoms with Crippen LogP contribution in [0.15, 0.2) is 24.3 Å². The highest BCUT2D eigenvalue weighted by Crippen LogP contribution is 2.18. The maximum Gasteiger partial charge on any atom is 0.224 e. The third-order valence-corrected chi connectivity index (χ3v) is 4.78. The van der Waals surface area contributed by atoms with Crippen molar-refractivity contribution in [3.63, 3.8) is 0 Å². The van der Waals surface area contributed by atoms with Gasteiger partial charge in [0.15, 0.2) is 0 Å². The number of likely N-dealkylation sites (N-methyl/N-ethyl adjacent to an activating group) is 1. The van der Waals surface area contributed by atoms with E-state index >= 15 is 0 Å². The summed E-state index contributed by atoms with van der Waals surface area (Å²) in [4.78, 5) is 19.0. The maximum atomic E-state index is 12.5. The van der Waals surface area contributed by atoms with Crippen LogP contribution in [0.25, 0.3) is 11.0 Å². The van der Waals surface area contributed by atoms with Gasteiger partial charge in [-0.1, -0.05) is 19.1 Å². The third-order valence-electron chi connectivity index (χ3n) is 4.78. The van der Waals surface area contributed by atoms with E-state index in [2.05, 4.69) is 22.5 Å². The lowest BCUT2D eigenvalue weighted by atomic mass is 10.1. The number of aromatic nitrogens is 2. The predicted molar refractivity (Wildman–Crippen MR) is 95.0 cm³/mol. The Morgan fingerprint density at radius 3 is 2.96 bits per heavy atom. The SMILES string of the molecule is CCc1nc2ccccc2n1CCC(=O)N(C)C[C@@H]1CCCCO1. The Balaban J connectivity index is 1.61. The molecule has 1 aliphatic heterocycles. The Kier molecular flexibility index (Phi) is 5.51. The summed E-state index contributed by atoms with van der Waals surface area (Å²) in [5, 5.41) is 0. The van der Waals surface area contributed by atoms with E-state index in [0.29, 0.717) is 19.5 Å². The number of benzene rings is 1. The number of rotatable bonds is 6. The predicted octanol–water partition coefficient (Wildman–Crippen LogP) is 3.02. The van der Waals surface area contributed by atoms with Gasteiger partial charge in [0, 0.05) is 39.6 Å². The topological polar surface area (TPSA) is 47.4 Å². The van der Waals surface area contributed by atoms with Crippen molar-refractivity contribution in [2.45, 2.75) is 51.7 Å². The van der Waals surface area contributed by atoms with Gasteiger partial charge in [-0.3, -0.25) is 4.79 Å². The number of fused-ring (bicyclic) bond motifs is 1.